The molecule has 1 heterocycles. The minimum absolute atomic E-state index is 0.0941. The predicted octanol–water partition coefficient (Wildman–Crippen LogP) is 3.83. The number of halogens is 1. The minimum atomic E-state index is -0.529. The van der Waals surface area contributed by atoms with Crippen molar-refractivity contribution in [2.75, 3.05) is 0 Å². The van der Waals surface area contributed by atoms with Gasteiger partial charge in [0.15, 0.2) is 0 Å². The fourth-order valence-corrected chi connectivity index (χ4v) is 2.30. The van der Waals surface area contributed by atoms with E-state index in [-0.39, 0.29) is 12.4 Å². The molecule has 0 aliphatic rings. The average Bonchev–Trinajstić information content (AvgIpc) is 3.07. The molecule has 0 fully saturated rings. The number of esters is 1. The van der Waals surface area contributed by atoms with Gasteiger partial charge in [-0.3, -0.25) is 4.68 Å². The van der Waals surface area contributed by atoms with E-state index in [1.807, 2.05) is 36.5 Å². The molecule has 0 saturated heterocycles. The SMILES string of the molecule is O=C(/C=C/c1cnn(Cc2ccccc2)c1)OCc1ccccc1F. The maximum Gasteiger partial charge on any atom is 0.331 e. The summed E-state index contributed by atoms with van der Waals surface area (Å²) in [6.07, 6.45) is 6.44. The molecule has 0 saturated carbocycles. The van der Waals surface area contributed by atoms with Crippen LogP contribution >= 0.6 is 0 Å². The summed E-state index contributed by atoms with van der Waals surface area (Å²) in [6, 6.07) is 16.2. The molecular weight excluding hydrogens is 319 g/mol. The molecule has 0 radical (unpaired) electrons. The molecule has 0 unspecified atom stereocenters. The fourth-order valence-electron chi connectivity index (χ4n) is 2.30. The molecule has 3 rings (SSSR count). The summed E-state index contributed by atoms with van der Waals surface area (Å²) in [4.78, 5) is 11.7. The van der Waals surface area contributed by atoms with Crippen LogP contribution in [0, 0.1) is 5.82 Å². The lowest BCUT2D eigenvalue weighted by atomic mass is 10.2. The van der Waals surface area contributed by atoms with Crippen molar-refractivity contribution in [3.63, 3.8) is 0 Å². The molecule has 5 heteroatoms. The van der Waals surface area contributed by atoms with Crippen LogP contribution in [0.15, 0.2) is 73.1 Å². The van der Waals surface area contributed by atoms with Crippen LogP contribution in [-0.2, 0) is 22.7 Å². The molecule has 0 N–H and O–H groups in total. The Hall–Kier alpha value is -3.21. The van der Waals surface area contributed by atoms with Gasteiger partial charge in [0.25, 0.3) is 0 Å². The normalized spacial score (nSPS) is 10.9. The van der Waals surface area contributed by atoms with E-state index in [4.69, 9.17) is 4.74 Å². The number of carbonyl (C=O) groups excluding carboxylic acids is 1. The molecule has 0 spiro atoms. The molecular formula is C20H17FN2O2. The molecule has 4 nitrogen and oxygen atoms in total. The van der Waals surface area contributed by atoms with Crippen LogP contribution in [0.5, 0.6) is 0 Å². The largest absolute Gasteiger partial charge is 0.458 e. The van der Waals surface area contributed by atoms with Crippen LogP contribution in [-0.4, -0.2) is 15.7 Å². The van der Waals surface area contributed by atoms with Crippen molar-refractivity contribution in [3.8, 4) is 0 Å². The van der Waals surface area contributed by atoms with E-state index in [1.54, 1.807) is 35.2 Å². The summed E-state index contributed by atoms with van der Waals surface area (Å²) in [5.74, 6) is -0.916. The number of rotatable bonds is 6. The van der Waals surface area contributed by atoms with Gasteiger partial charge in [-0.15, -0.1) is 0 Å². The van der Waals surface area contributed by atoms with Crippen molar-refractivity contribution in [2.45, 2.75) is 13.2 Å². The number of benzene rings is 2. The van der Waals surface area contributed by atoms with E-state index in [0.29, 0.717) is 12.1 Å². The highest BCUT2D eigenvalue weighted by atomic mass is 19.1. The molecule has 2 aromatic carbocycles. The second kappa shape index (κ2) is 8.06. The van der Waals surface area contributed by atoms with Crippen molar-refractivity contribution < 1.29 is 13.9 Å². The first-order chi connectivity index (χ1) is 12.2. The summed E-state index contributed by atoms with van der Waals surface area (Å²) in [7, 11) is 0. The molecule has 0 aliphatic heterocycles. The van der Waals surface area contributed by atoms with E-state index >= 15 is 0 Å². The molecule has 126 valence electrons. The van der Waals surface area contributed by atoms with Crippen LogP contribution in [0.2, 0.25) is 0 Å². The Morgan fingerprint density at radius 2 is 1.88 bits per heavy atom. The zero-order valence-corrected chi connectivity index (χ0v) is 13.5. The third kappa shape index (κ3) is 4.88. The van der Waals surface area contributed by atoms with E-state index in [2.05, 4.69) is 5.10 Å². The maximum atomic E-state index is 13.5. The standard InChI is InChI=1S/C20H17FN2O2/c21-19-9-5-4-8-18(19)15-25-20(24)11-10-17-12-22-23(14-17)13-16-6-2-1-3-7-16/h1-12,14H,13,15H2/b11-10+. The van der Waals surface area contributed by atoms with Gasteiger partial charge in [-0.05, 0) is 17.7 Å². The second-order valence-electron chi connectivity index (χ2n) is 5.49. The van der Waals surface area contributed by atoms with Crippen LogP contribution in [0.25, 0.3) is 6.08 Å². The molecule has 0 atom stereocenters. The summed E-state index contributed by atoms with van der Waals surface area (Å²) < 4.78 is 20.3. The molecule has 3 aromatic rings. The topological polar surface area (TPSA) is 44.1 Å². The summed E-state index contributed by atoms with van der Waals surface area (Å²) in [5.41, 5.74) is 2.28. The van der Waals surface area contributed by atoms with E-state index < -0.39 is 5.97 Å². The van der Waals surface area contributed by atoms with Crippen molar-refractivity contribution >= 4 is 12.0 Å². The molecule has 1 aromatic heterocycles. The van der Waals surface area contributed by atoms with Crippen molar-refractivity contribution in [1.82, 2.24) is 9.78 Å². The first-order valence-corrected chi connectivity index (χ1v) is 7.85. The fraction of sp³-hybridized carbons (Fsp3) is 0.100. The van der Waals surface area contributed by atoms with Crippen molar-refractivity contribution in [3.05, 3.63) is 95.6 Å². The number of aromatic nitrogens is 2. The van der Waals surface area contributed by atoms with Gasteiger partial charge in [0.1, 0.15) is 12.4 Å². The van der Waals surface area contributed by atoms with Gasteiger partial charge in [-0.2, -0.15) is 5.10 Å². The highest BCUT2D eigenvalue weighted by Gasteiger charge is 2.04. The molecule has 0 amide bonds. The number of carbonyl (C=O) groups is 1. The first-order valence-electron chi connectivity index (χ1n) is 7.85. The maximum absolute atomic E-state index is 13.5. The first kappa shape index (κ1) is 16.6. The van der Waals surface area contributed by atoms with Crippen molar-refractivity contribution in [1.29, 1.82) is 0 Å². The van der Waals surface area contributed by atoms with E-state index in [0.717, 1.165) is 11.1 Å². The average molecular weight is 336 g/mol. The Balaban J connectivity index is 1.53. The highest BCUT2D eigenvalue weighted by molar-refractivity contribution is 5.86. The Morgan fingerprint density at radius 1 is 1.12 bits per heavy atom. The minimum Gasteiger partial charge on any atom is -0.458 e. The number of hydrogen-bond donors (Lipinski definition) is 0. The van der Waals surface area contributed by atoms with E-state index in [9.17, 15) is 9.18 Å². The van der Waals surface area contributed by atoms with Crippen LogP contribution in [0.3, 0.4) is 0 Å². The quantitative estimate of drug-likeness (QED) is 0.508. The Kier molecular flexibility index (Phi) is 5.36. The lowest BCUT2D eigenvalue weighted by molar-refractivity contribution is -0.138. The lowest BCUT2D eigenvalue weighted by Crippen LogP contribution is -2.02. The summed E-state index contributed by atoms with van der Waals surface area (Å²) in [5, 5.41) is 4.26. The number of nitrogens with zero attached hydrogens (tertiary/aromatic N) is 2. The van der Waals surface area contributed by atoms with Crippen LogP contribution < -0.4 is 0 Å². The van der Waals surface area contributed by atoms with Crippen LogP contribution in [0.4, 0.5) is 4.39 Å². The van der Waals surface area contributed by atoms with E-state index in [1.165, 1.54) is 12.1 Å². The van der Waals surface area contributed by atoms with Gasteiger partial charge >= 0.3 is 5.97 Å². The third-order valence-electron chi connectivity index (χ3n) is 3.58. The van der Waals surface area contributed by atoms with Gasteiger partial charge in [0, 0.05) is 23.4 Å². The summed E-state index contributed by atoms with van der Waals surface area (Å²) in [6.45, 7) is 0.565. The Morgan fingerprint density at radius 3 is 2.68 bits per heavy atom. The zero-order chi connectivity index (χ0) is 17.5. The van der Waals surface area contributed by atoms with Crippen LogP contribution in [0.1, 0.15) is 16.7 Å². The van der Waals surface area contributed by atoms with Gasteiger partial charge in [0.2, 0.25) is 0 Å². The number of ether oxygens (including phenoxy) is 1. The molecule has 0 aliphatic carbocycles. The molecule has 0 bridgehead atoms. The predicted molar refractivity (Wildman–Crippen MR) is 93.0 cm³/mol. The second-order valence-corrected chi connectivity index (χ2v) is 5.49. The Labute approximate surface area is 145 Å². The third-order valence-corrected chi connectivity index (χ3v) is 3.58. The lowest BCUT2D eigenvalue weighted by Gasteiger charge is -2.03. The summed E-state index contributed by atoms with van der Waals surface area (Å²) >= 11 is 0. The smallest absolute Gasteiger partial charge is 0.331 e. The van der Waals surface area contributed by atoms with Gasteiger partial charge in [-0.1, -0.05) is 48.5 Å². The number of hydrogen-bond acceptors (Lipinski definition) is 3. The van der Waals surface area contributed by atoms with Gasteiger partial charge in [0.05, 0.1) is 12.7 Å². The van der Waals surface area contributed by atoms with Gasteiger partial charge in [-0.25, -0.2) is 9.18 Å². The molecule has 25 heavy (non-hydrogen) atoms. The van der Waals surface area contributed by atoms with Crippen molar-refractivity contribution in [2.24, 2.45) is 0 Å². The Bertz CT molecular complexity index is 872. The van der Waals surface area contributed by atoms with Gasteiger partial charge < -0.3 is 4.74 Å². The monoisotopic (exact) mass is 336 g/mol. The highest BCUT2D eigenvalue weighted by Crippen LogP contribution is 2.09. The zero-order valence-electron chi connectivity index (χ0n) is 13.5.